The summed E-state index contributed by atoms with van der Waals surface area (Å²) in [6, 6.07) is 0.249. The normalized spacial score (nSPS) is 18.6. The van der Waals surface area contributed by atoms with Crippen molar-refractivity contribution in [3.63, 3.8) is 0 Å². The zero-order chi connectivity index (χ0) is 15.5. The lowest BCUT2D eigenvalue weighted by Gasteiger charge is -2.24. The van der Waals surface area contributed by atoms with Crippen molar-refractivity contribution in [1.82, 2.24) is 10.6 Å². The van der Waals surface area contributed by atoms with Crippen molar-refractivity contribution in [2.24, 2.45) is 10.9 Å². The van der Waals surface area contributed by atoms with Crippen LogP contribution in [0.15, 0.2) is 4.99 Å². The maximum absolute atomic E-state index is 5.94. The number of nitrogens with one attached hydrogen (secondary N) is 2. The second-order valence-corrected chi connectivity index (χ2v) is 5.83. The second-order valence-electron chi connectivity index (χ2n) is 5.83. The number of aliphatic imine (C=N–C) groups is 1. The van der Waals surface area contributed by atoms with E-state index in [0.717, 1.165) is 31.4 Å². The number of methoxy groups -OCH3 is 1. The van der Waals surface area contributed by atoms with E-state index in [4.69, 9.17) is 9.47 Å². The average Bonchev–Trinajstić information content (AvgIpc) is 2.99. The first kappa shape index (κ1) is 21.9. The van der Waals surface area contributed by atoms with Crippen LogP contribution in [-0.2, 0) is 9.47 Å². The Balaban J connectivity index is 0.00000441. The van der Waals surface area contributed by atoms with Gasteiger partial charge in [0.1, 0.15) is 0 Å². The summed E-state index contributed by atoms with van der Waals surface area (Å²) >= 11 is 0. The molecule has 2 atom stereocenters. The highest BCUT2D eigenvalue weighted by atomic mass is 127. The Morgan fingerprint density at radius 3 is 2.55 bits per heavy atom. The number of hydrogen-bond acceptors (Lipinski definition) is 3. The Labute approximate surface area is 153 Å². The third-order valence-electron chi connectivity index (χ3n) is 4.05. The SMILES string of the molecule is CCOC(CCNC(=NC)NC(C)COC)C1CCCC1.I. The van der Waals surface area contributed by atoms with Crippen LogP contribution in [0.5, 0.6) is 0 Å². The lowest BCUT2D eigenvalue weighted by molar-refractivity contribution is 0.0169. The van der Waals surface area contributed by atoms with Crippen molar-refractivity contribution in [3.8, 4) is 0 Å². The summed E-state index contributed by atoms with van der Waals surface area (Å²) in [5, 5.41) is 6.69. The number of halogens is 1. The number of rotatable bonds is 9. The molecule has 5 nitrogen and oxygen atoms in total. The van der Waals surface area contributed by atoms with Crippen LogP contribution in [0.25, 0.3) is 0 Å². The number of guanidine groups is 1. The van der Waals surface area contributed by atoms with Gasteiger partial charge in [-0.05, 0) is 39.0 Å². The molecule has 1 aliphatic rings. The topological polar surface area (TPSA) is 54.9 Å². The fraction of sp³-hybridized carbons (Fsp3) is 0.938. The summed E-state index contributed by atoms with van der Waals surface area (Å²) < 4.78 is 11.1. The van der Waals surface area contributed by atoms with E-state index < -0.39 is 0 Å². The second kappa shape index (κ2) is 13.4. The first-order chi connectivity index (χ1) is 10.2. The van der Waals surface area contributed by atoms with Crippen LogP contribution < -0.4 is 10.6 Å². The van der Waals surface area contributed by atoms with Gasteiger partial charge in [-0.2, -0.15) is 0 Å². The van der Waals surface area contributed by atoms with Crippen molar-refractivity contribution in [2.45, 2.75) is 58.1 Å². The van der Waals surface area contributed by atoms with Gasteiger partial charge >= 0.3 is 0 Å². The highest BCUT2D eigenvalue weighted by Gasteiger charge is 2.25. The van der Waals surface area contributed by atoms with Crippen LogP contribution in [0, 0.1) is 5.92 Å². The Hall–Kier alpha value is -0.0800. The summed E-state index contributed by atoms with van der Waals surface area (Å²) in [4.78, 5) is 4.25. The molecule has 1 saturated carbocycles. The van der Waals surface area contributed by atoms with Gasteiger partial charge < -0.3 is 20.1 Å². The molecular formula is C16H34IN3O2. The fourth-order valence-corrected chi connectivity index (χ4v) is 3.05. The molecule has 1 aliphatic carbocycles. The van der Waals surface area contributed by atoms with Crippen LogP contribution in [0.2, 0.25) is 0 Å². The Morgan fingerprint density at radius 1 is 1.32 bits per heavy atom. The first-order valence-corrected chi connectivity index (χ1v) is 8.29. The van der Waals surface area contributed by atoms with E-state index in [1.807, 2.05) is 0 Å². The molecule has 132 valence electrons. The van der Waals surface area contributed by atoms with Gasteiger partial charge in [0.05, 0.1) is 12.7 Å². The predicted octanol–water partition coefficient (Wildman–Crippen LogP) is 2.79. The van der Waals surface area contributed by atoms with Gasteiger partial charge in [-0.1, -0.05) is 12.8 Å². The van der Waals surface area contributed by atoms with Crippen LogP contribution in [0.3, 0.4) is 0 Å². The fourth-order valence-electron chi connectivity index (χ4n) is 3.05. The molecule has 1 fully saturated rings. The lowest BCUT2D eigenvalue weighted by Crippen LogP contribution is -2.44. The van der Waals surface area contributed by atoms with E-state index in [-0.39, 0.29) is 30.0 Å². The number of ether oxygens (including phenoxy) is 2. The number of hydrogen-bond donors (Lipinski definition) is 2. The van der Waals surface area contributed by atoms with Gasteiger partial charge in [-0.25, -0.2) is 0 Å². The average molecular weight is 427 g/mol. The minimum Gasteiger partial charge on any atom is -0.383 e. The summed E-state index contributed by atoms with van der Waals surface area (Å²) in [6.45, 7) is 6.53. The van der Waals surface area contributed by atoms with Crippen LogP contribution >= 0.6 is 24.0 Å². The molecule has 6 heteroatoms. The molecule has 0 aromatic heterocycles. The third kappa shape index (κ3) is 8.53. The van der Waals surface area contributed by atoms with Crippen molar-refractivity contribution in [1.29, 1.82) is 0 Å². The molecule has 0 aromatic carbocycles. The van der Waals surface area contributed by atoms with Crippen molar-refractivity contribution < 1.29 is 9.47 Å². The predicted molar refractivity (Wildman–Crippen MR) is 103 cm³/mol. The van der Waals surface area contributed by atoms with Crippen molar-refractivity contribution in [3.05, 3.63) is 0 Å². The molecule has 2 N–H and O–H groups in total. The zero-order valence-electron chi connectivity index (χ0n) is 14.6. The summed E-state index contributed by atoms with van der Waals surface area (Å²) in [5.41, 5.74) is 0. The van der Waals surface area contributed by atoms with E-state index in [9.17, 15) is 0 Å². The van der Waals surface area contributed by atoms with Gasteiger partial charge in [-0.15, -0.1) is 24.0 Å². The quantitative estimate of drug-likeness (QED) is 0.338. The maximum Gasteiger partial charge on any atom is 0.191 e. The molecule has 0 aliphatic heterocycles. The Morgan fingerprint density at radius 2 is 2.00 bits per heavy atom. The molecule has 1 rings (SSSR count). The van der Waals surface area contributed by atoms with Gasteiger partial charge in [0.15, 0.2) is 5.96 Å². The molecule has 0 aromatic rings. The molecule has 0 radical (unpaired) electrons. The van der Waals surface area contributed by atoms with E-state index >= 15 is 0 Å². The minimum atomic E-state index is 0. The lowest BCUT2D eigenvalue weighted by atomic mass is 9.98. The maximum atomic E-state index is 5.94. The summed E-state index contributed by atoms with van der Waals surface area (Å²) in [7, 11) is 3.51. The molecule has 22 heavy (non-hydrogen) atoms. The molecular weight excluding hydrogens is 393 g/mol. The molecule has 2 unspecified atom stereocenters. The molecule has 0 spiro atoms. The Kier molecular flexibility index (Phi) is 13.3. The molecule has 0 heterocycles. The molecule has 0 saturated heterocycles. The Bertz CT molecular complexity index is 297. The van der Waals surface area contributed by atoms with E-state index in [1.165, 1.54) is 25.7 Å². The largest absolute Gasteiger partial charge is 0.383 e. The molecule has 0 bridgehead atoms. The summed E-state index contributed by atoms with van der Waals surface area (Å²) in [5.74, 6) is 1.58. The van der Waals surface area contributed by atoms with E-state index in [2.05, 4.69) is 29.5 Å². The zero-order valence-corrected chi connectivity index (χ0v) is 16.9. The van der Waals surface area contributed by atoms with Gasteiger partial charge in [-0.3, -0.25) is 4.99 Å². The highest BCUT2D eigenvalue weighted by Crippen LogP contribution is 2.30. The van der Waals surface area contributed by atoms with Gasteiger partial charge in [0.25, 0.3) is 0 Å². The molecule has 0 amide bonds. The third-order valence-corrected chi connectivity index (χ3v) is 4.05. The van der Waals surface area contributed by atoms with E-state index in [0.29, 0.717) is 12.7 Å². The number of nitrogens with zero attached hydrogens (tertiary/aromatic N) is 1. The highest BCUT2D eigenvalue weighted by molar-refractivity contribution is 14.0. The van der Waals surface area contributed by atoms with Crippen LogP contribution in [0.1, 0.15) is 46.0 Å². The summed E-state index contributed by atoms with van der Waals surface area (Å²) in [6.07, 6.45) is 6.79. The van der Waals surface area contributed by atoms with E-state index in [1.54, 1.807) is 14.2 Å². The van der Waals surface area contributed by atoms with Gasteiger partial charge in [0.2, 0.25) is 0 Å². The van der Waals surface area contributed by atoms with Crippen LogP contribution in [-0.4, -0.2) is 52.0 Å². The van der Waals surface area contributed by atoms with Crippen LogP contribution in [0.4, 0.5) is 0 Å². The minimum absolute atomic E-state index is 0. The van der Waals surface area contributed by atoms with Gasteiger partial charge in [0, 0.05) is 33.4 Å². The monoisotopic (exact) mass is 427 g/mol. The van der Waals surface area contributed by atoms with Crippen molar-refractivity contribution >= 4 is 29.9 Å². The smallest absolute Gasteiger partial charge is 0.191 e. The van der Waals surface area contributed by atoms with Crippen molar-refractivity contribution in [2.75, 3.05) is 33.9 Å². The standard InChI is InChI=1S/C16H33N3O2.HI/c1-5-21-15(14-8-6-7-9-14)10-11-18-16(17-3)19-13(2)12-20-4;/h13-15H,5-12H2,1-4H3,(H2,17,18,19);1H. The first-order valence-electron chi connectivity index (χ1n) is 8.29.